The van der Waals surface area contributed by atoms with Crippen molar-refractivity contribution in [2.75, 3.05) is 13.2 Å². The highest BCUT2D eigenvalue weighted by molar-refractivity contribution is 6.06. The third-order valence-electron chi connectivity index (χ3n) is 2.02. The van der Waals surface area contributed by atoms with E-state index in [0.717, 1.165) is 0 Å². The zero-order valence-electron chi connectivity index (χ0n) is 7.13. The van der Waals surface area contributed by atoms with Crippen LogP contribution in [0.1, 0.15) is 13.8 Å². The molecule has 1 fully saturated rings. The van der Waals surface area contributed by atoms with Crippen molar-refractivity contribution in [1.82, 2.24) is 10.2 Å². The van der Waals surface area contributed by atoms with Crippen LogP contribution in [0, 0.1) is 0 Å². The van der Waals surface area contributed by atoms with Crippen LogP contribution in [0.15, 0.2) is 0 Å². The lowest BCUT2D eigenvalue weighted by Gasteiger charge is -2.26. The first-order valence-corrected chi connectivity index (χ1v) is 3.74. The molecule has 0 radical (unpaired) electrons. The molecule has 0 aliphatic carbocycles. The summed E-state index contributed by atoms with van der Waals surface area (Å²) in [5.41, 5.74) is -0.834. The third-order valence-corrected chi connectivity index (χ3v) is 2.02. The summed E-state index contributed by atoms with van der Waals surface area (Å²) < 4.78 is 0. The molecule has 3 amide bonds. The predicted octanol–water partition coefficient (Wildman–Crippen LogP) is -0.691. The van der Waals surface area contributed by atoms with Crippen molar-refractivity contribution >= 4 is 11.9 Å². The lowest BCUT2D eigenvalue weighted by molar-refractivity contribution is -0.125. The Bertz CT molecular complexity index is 225. The Morgan fingerprint density at radius 3 is 2.42 bits per heavy atom. The molecule has 1 rings (SSSR count). The van der Waals surface area contributed by atoms with Crippen molar-refractivity contribution in [1.29, 1.82) is 0 Å². The molecule has 12 heavy (non-hydrogen) atoms. The first-order valence-electron chi connectivity index (χ1n) is 3.74. The fourth-order valence-electron chi connectivity index (χ4n) is 1.18. The Hall–Kier alpha value is -1.10. The zero-order valence-corrected chi connectivity index (χ0v) is 7.13. The molecule has 1 heterocycles. The molecule has 1 saturated heterocycles. The van der Waals surface area contributed by atoms with Crippen LogP contribution >= 0.6 is 0 Å². The summed E-state index contributed by atoms with van der Waals surface area (Å²) in [6, 6.07) is -0.431. The van der Waals surface area contributed by atoms with Crippen molar-refractivity contribution in [2.45, 2.75) is 19.4 Å². The van der Waals surface area contributed by atoms with E-state index in [1.807, 2.05) is 0 Å². The number of aliphatic hydroxyl groups is 1. The van der Waals surface area contributed by atoms with E-state index in [2.05, 4.69) is 5.32 Å². The van der Waals surface area contributed by atoms with Gasteiger partial charge in [0.05, 0.1) is 6.61 Å². The number of β-amino-alcohol motifs (C(OH)–C–C–N with tert-alkyl or cyclic N) is 1. The molecule has 2 N–H and O–H groups in total. The number of carbonyl (C=O) groups is 2. The quantitative estimate of drug-likeness (QED) is 0.541. The molecule has 5 heteroatoms. The van der Waals surface area contributed by atoms with Gasteiger partial charge in [-0.3, -0.25) is 10.1 Å². The summed E-state index contributed by atoms with van der Waals surface area (Å²) in [4.78, 5) is 23.5. The Morgan fingerprint density at radius 1 is 1.50 bits per heavy atom. The minimum absolute atomic E-state index is 0.135. The van der Waals surface area contributed by atoms with E-state index in [4.69, 9.17) is 5.11 Å². The molecule has 68 valence electrons. The van der Waals surface area contributed by atoms with Gasteiger partial charge in [-0.15, -0.1) is 0 Å². The predicted molar refractivity (Wildman–Crippen MR) is 41.4 cm³/mol. The second-order valence-corrected chi connectivity index (χ2v) is 3.19. The molecule has 0 atom stereocenters. The normalized spacial score (nSPS) is 21.4. The average Bonchev–Trinajstić information content (AvgIpc) is 2.14. The number of urea groups is 1. The lowest BCUT2D eigenvalue weighted by Crippen LogP contribution is -2.45. The average molecular weight is 172 g/mol. The number of amides is 3. The molecular weight excluding hydrogens is 160 g/mol. The van der Waals surface area contributed by atoms with Gasteiger partial charge in [0.2, 0.25) is 0 Å². The molecule has 0 spiro atoms. The van der Waals surface area contributed by atoms with Crippen LogP contribution in [-0.4, -0.2) is 40.6 Å². The first-order chi connectivity index (χ1) is 5.50. The Labute approximate surface area is 70.4 Å². The molecule has 0 bridgehead atoms. The maximum atomic E-state index is 11.1. The number of hydrogen-bond acceptors (Lipinski definition) is 3. The van der Waals surface area contributed by atoms with Gasteiger partial charge in [-0.05, 0) is 13.8 Å². The van der Waals surface area contributed by atoms with E-state index in [1.165, 1.54) is 4.90 Å². The Balaban J connectivity index is 2.83. The van der Waals surface area contributed by atoms with Crippen molar-refractivity contribution in [3.8, 4) is 0 Å². The molecule has 0 aromatic rings. The number of imide groups is 1. The number of hydrogen-bond donors (Lipinski definition) is 2. The standard InChI is InChI=1S/C7H12N2O3/c1-7(2)5(11)8-6(12)9(7)3-4-10/h10H,3-4H2,1-2H3,(H,8,11,12). The maximum absolute atomic E-state index is 11.1. The summed E-state index contributed by atoms with van der Waals surface area (Å²) in [6.45, 7) is 3.33. The number of nitrogens with zero attached hydrogens (tertiary/aromatic N) is 1. The maximum Gasteiger partial charge on any atom is 0.325 e. The molecule has 1 aliphatic heterocycles. The minimum Gasteiger partial charge on any atom is -0.395 e. The second kappa shape index (κ2) is 2.75. The molecule has 0 saturated carbocycles. The molecular formula is C7H12N2O3. The van der Waals surface area contributed by atoms with Crippen LogP contribution in [0.5, 0.6) is 0 Å². The van der Waals surface area contributed by atoms with Crippen LogP contribution in [0.3, 0.4) is 0 Å². The smallest absolute Gasteiger partial charge is 0.325 e. The van der Waals surface area contributed by atoms with Gasteiger partial charge in [0.25, 0.3) is 5.91 Å². The summed E-state index contributed by atoms with van der Waals surface area (Å²) in [5.74, 6) is -0.319. The van der Waals surface area contributed by atoms with E-state index >= 15 is 0 Å². The zero-order chi connectivity index (χ0) is 9.35. The van der Waals surface area contributed by atoms with Crippen LogP contribution < -0.4 is 5.32 Å². The van der Waals surface area contributed by atoms with Gasteiger partial charge in [0.1, 0.15) is 5.54 Å². The summed E-state index contributed by atoms with van der Waals surface area (Å²) in [6.07, 6.45) is 0. The summed E-state index contributed by atoms with van der Waals surface area (Å²) in [5, 5.41) is 10.8. The van der Waals surface area contributed by atoms with Gasteiger partial charge in [0.15, 0.2) is 0 Å². The van der Waals surface area contributed by atoms with Gasteiger partial charge in [-0.25, -0.2) is 4.79 Å². The van der Waals surface area contributed by atoms with Crippen molar-refractivity contribution in [2.24, 2.45) is 0 Å². The number of nitrogens with one attached hydrogen (secondary N) is 1. The molecule has 5 nitrogen and oxygen atoms in total. The molecule has 0 unspecified atom stereocenters. The fraction of sp³-hybridized carbons (Fsp3) is 0.714. The van der Waals surface area contributed by atoms with Crippen LogP contribution in [-0.2, 0) is 4.79 Å². The topological polar surface area (TPSA) is 69.6 Å². The van der Waals surface area contributed by atoms with E-state index in [-0.39, 0.29) is 19.1 Å². The molecule has 0 aromatic heterocycles. The Kier molecular flexibility index (Phi) is 2.06. The largest absolute Gasteiger partial charge is 0.395 e. The van der Waals surface area contributed by atoms with Gasteiger partial charge in [-0.1, -0.05) is 0 Å². The van der Waals surface area contributed by atoms with Gasteiger partial charge in [-0.2, -0.15) is 0 Å². The monoisotopic (exact) mass is 172 g/mol. The van der Waals surface area contributed by atoms with Crippen LogP contribution in [0.25, 0.3) is 0 Å². The third kappa shape index (κ3) is 1.16. The number of rotatable bonds is 2. The molecule has 1 aliphatic rings. The van der Waals surface area contributed by atoms with Gasteiger partial charge < -0.3 is 10.0 Å². The van der Waals surface area contributed by atoms with Crippen molar-refractivity contribution in [3.63, 3.8) is 0 Å². The highest BCUT2D eigenvalue weighted by Gasteiger charge is 2.44. The SMILES string of the molecule is CC1(C)C(=O)NC(=O)N1CCO. The van der Waals surface area contributed by atoms with Crippen LogP contribution in [0.4, 0.5) is 4.79 Å². The van der Waals surface area contributed by atoms with Crippen LogP contribution in [0.2, 0.25) is 0 Å². The number of aliphatic hydroxyl groups excluding tert-OH is 1. The fourth-order valence-corrected chi connectivity index (χ4v) is 1.18. The van der Waals surface area contributed by atoms with E-state index in [0.29, 0.717) is 0 Å². The summed E-state index contributed by atoms with van der Waals surface area (Å²) >= 11 is 0. The van der Waals surface area contributed by atoms with Crippen molar-refractivity contribution in [3.05, 3.63) is 0 Å². The second-order valence-electron chi connectivity index (χ2n) is 3.19. The highest BCUT2D eigenvalue weighted by atomic mass is 16.3. The van der Waals surface area contributed by atoms with E-state index < -0.39 is 11.6 Å². The highest BCUT2D eigenvalue weighted by Crippen LogP contribution is 2.19. The van der Waals surface area contributed by atoms with E-state index in [9.17, 15) is 9.59 Å². The van der Waals surface area contributed by atoms with Gasteiger partial charge >= 0.3 is 6.03 Å². The van der Waals surface area contributed by atoms with Crippen molar-refractivity contribution < 1.29 is 14.7 Å². The summed E-state index contributed by atoms with van der Waals surface area (Å²) in [7, 11) is 0. The first kappa shape index (κ1) is 8.99. The van der Waals surface area contributed by atoms with E-state index in [1.54, 1.807) is 13.8 Å². The van der Waals surface area contributed by atoms with Gasteiger partial charge in [0, 0.05) is 6.54 Å². The number of carbonyl (C=O) groups excluding carboxylic acids is 2. The minimum atomic E-state index is -0.834. The Morgan fingerprint density at radius 2 is 2.08 bits per heavy atom. The molecule has 0 aromatic carbocycles. The lowest BCUT2D eigenvalue weighted by atomic mass is 10.1.